The fourth-order valence-electron chi connectivity index (χ4n) is 2.06. The quantitative estimate of drug-likeness (QED) is 0.778. The molecule has 1 aliphatic rings. The van der Waals surface area contributed by atoms with Gasteiger partial charge in [-0.3, -0.25) is 4.79 Å². The molecule has 3 N–H and O–H groups in total. The molecule has 2 rings (SSSR count). The van der Waals surface area contributed by atoms with Crippen LogP contribution < -0.4 is 11.1 Å². The number of hydrogen-bond donors (Lipinski definition) is 2. The SMILES string of the molecule is Nc1ccc(NC(=O)C2CCCC2)c(Cl)c1. The van der Waals surface area contributed by atoms with E-state index in [2.05, 4.69) is 5.32 Å². The zero-order chi connectivity index (χ0) is 11.5. The number of nitrogens with one attached hydrogen (secondary N) is 1. The number of hydrogen-bond acceptors (Lipinski definition) is 2. The minimum atomic E-state index is 0.0733. The number of amides is 1. The number of nitrogen functional groups attached to an aromatic ring is 1. The molecule has 1 aliphatic carbocycles. The summed E-state index contributed by atoms with van der Waals surface area (Å²) >= 11 is 5.99. The molecule has 86 valence electrons. The van der Waals surface area contributed by atoms with Crippen LogP contribution in [0.4, 0.5) is 11.4 Å². The van der Waals surface area contributed by atoms with Crippen molar-refractivity contribution in [2.75, 3.05) is 11.1 Å². The molecule has 0 aliphatic heterocycles. The predicted molar refractivity (Wildman–Crippen MR) is 66.5 cm³/mol. The van der Waals surface area contributed by atoms with E-state index in [0.29, 0.717) is 16.4 Å². The summed E-state index contributed by atoms with van der Waals surface area (Å²) in [6.07, 6.45) is 4.26. The number of carbonyl (C=O) groups is 1. The monoisotopic (exact) mass is 238 g/mol. The zero-order valence-electron chi connectivity index (χ0n) is 9.00. The van der Waals surface area contributed by atoms with E-state index in [1.54, 1.807) is 18.2 Å². The third kappa shape index (κ3) is 2.47. The lowest BCUT2D eigenvalue weighted by atomic mass is 10.1. The number of halogens is 1. The Labute approximate surface area is 100.0 Å². The molecule has 1 fully saturated rings. The molecule has 1 amide bonds. The summed E-state index contributed by atoms with van der Waals surface area (Å²) in [7, 11) is 0. The second kappa shape index (κ2) is 4.74. The Bertz CT molecular complexity index is 400. The summed E-state index contributed by atoms with van der Waals surface area (Å²) in [4.78, 5) is 11.9. The van der Waals surface area contributed by atoms with Crippen molar-refractivity contribution >= 4 is 28.9 Å². The second-order valence-electron chi connectivity index (χ2n) is 4.21. The van der Waals surface area contributed by atoms with Crippen LogP contribution in [0.2, 0.25) is 5.02 Å². The molecule has 1 aromatic carbocycles. The highest BCUT2D eigenvalue weighted by atomic mass is 35.5. The third-order valence-corrected chi connectivity index (χ3v) is 3.29. The van der Waals surface area contributed by atoms with Gasteiger partial charge >= 0.3 is 0 Å². The second-order valence-corrected chi connectivity index (χ2v) is 4.62. The van der Waals surface area contributed by atoms with Crippen LogP contribution in [0.1, 0.15) is 25.7 Å². The zero-order valence-corrected chi connectivity index (χ0v) is 9.76. The van der Waals surface area contributed by atoms with Crippen LogP contribution in [0, 0.1) is 5.92 Å². The Hall–Kier alpha value is -1.22. The van der Waals surface area contributed by atoms with Gasteiger partial charge in [0.15, 0.2) is 0 Å². The lowest BCUT2D eigenvalue weighted by Gasteiger charge is -2.11. The smallest absolute Gasteiger partial charge is 0.227 e. The van der Waals surface area contributed by atoms with Gasteiger partial charge in [-0.1, -0.05) is 24.4 Å². The van der Waals surface area contributed by atoms with Gasteiger partial charge in [-0.15, -0.1) is 0 Å². The molecule has 0 spiro atoms. The molecule has 0 radical (unpaired) electrons. The van der Waals surface area contributed by atoms with Gasteiger partial charge in [0, 0.05) is 11.6 Å². The van der Waals surface area contributed by atoms with Crippen LogP contribution in [0.25, 0.3) is 0 Å². The van der Waals surface area contributed by atoms with Crippen LogP contribution in [-0.2, 0) is 4.79 Å². The Morgan fingerprint density at radius 3 is 2.69 bits per heavy atom. The highest BCUT2D eigenvalue weighted by Gasteiger charge is 2.22. The van der Waals surface area contributed by atoms with Crippen molar-refractivity contribution in [3.8, 4) is 0 Å². The van der Waals surface area contributed by atoms with Crippen LogP contribution in [0.5, 0.6) is 0 Å². The molecule has 3 nitrogen and oxygen atoms in total. The highest BCUT2D eigenvalue weighted by Crippen LogP contribution is 2.28. The van der Waals surface area contributed by atoms with E-state index < -0.39 is 0 Å². The van der Waals surface area contributed by atoms with Crippen LogP contribution in [-0.4, -0.2) is 5.91 Å². The molecule has 1 aromatic rings. The summed E-state index contributed by atoms with van der Waals surface area (Å²) in [5.74, 6) is 0.220. The van der Waals surface area contributed by atoms with Gasteiger partial charge in [0.1, 0.15) is 0 Å². The maximum Gasteiger partial charge on any atom is 0.227 e. The Morgan fingerprint density at radius 2 is 2.06 bits per heavy atom. The first-order chi connectivity index (χ1) is 7.66. The fourth-order valence-corrected chi connectivity index (χ4v) is 2.29. The van der Waals surface area contributed by atoms with Crippen molar-refractivity contribution in [3.05, 3.63) is 23.2 Å². The minimum Gasteiger partial charge on any atom is -0.399 e. The lowest BCUT2D eigenvalue weighted by molar-refractivity contribution is -0.119. The molecule has 0 atom stereocenters. The fraction of sp³-hybridized carbons (Fsp3) is 0.417. The van der Waals surface area contributed by atoms with Gasteiger partial charge in [0.25, 0.3) is 0 Å². The van der Waals surface area contributed by atoms with Crippen molar-refractivity contribution < 1.29 is 4.79 Å². The maximum atomic E-state index is 11.9. The predicted octanol–water partition coefficient (Wildman–Crippen LogP) is 3.05. The van der Waals surface area contributed by atoms with E-state index in [-0.39, 0.29) is 11.8 Å². The standard InChI is InChI=1S/C12H15ClN2O/c13-10-7-9(14)5-6-11(10)15-12(16)8-3-1-2-4-8/h5-8H,1-4,14H2,(H,15,16). The first-order valence-corrected chi connectivity index (χ1v) is 5.90. The van der Waals surface area contributed by atoms with Crippen molar-refractivity contribution in [1.29, 1.82) is 0 Å². The molecule has 1 saturated carbocycles. The summed E-state index contributed by atoms with van der Waals surface area (Å²) in [6, 6.07) is 5.12. The van der Waals surface area contributed by atoms with E-state index in [1.807, 2.05) is 0 Å². The first-order valence-electron chi connectivity index (χ1n) is 5.52. The average Bonchev–Trinajstić information content (AvgIpc) is 2.75. The number of rotatable bonds is 2. The molecule has 0 heterocycles. The maximum absolute atomic E-state index is 11.9. The normalized spacial score (nSPS) is 16.3. The van der Waals surface area contributed by atoms with E-state index in [0.717, 1.165) is 25.7 Å². The largest absolute Gasteiger partial charge is 0.399 e. The third-order valence-electron chi connectivity index (χ3n) is 2.98. The number of anilines is 2. The van der Waals surface area contributed by atoms with Crippen molar-refractivity contribution in [3.63, 3.8) is 0 Å². The summed E-state index contributed by atoms with van der Waals surface area (Å²) in [6.45, 7) is 0. The van der Waals surface area contributed by atoms with E-state index >= 15 is 0 Å². The minimum absolute atomic E-state index is 0.0733. The van der Waals surface area contributed by atoms with Gasteiger partial charge in [-0.2, -0.15) is 0 Å². The Morgan fingerprint density at radius 1 is 1.38 bits per heavy atom. The van der Waals surface area contributed by atoms with E-state index in [9.17, 15) is 4.79 Å². The molecule has 0 aromatic heterocycles. The molecule has 16 heavy (non-hydrogen) atoms. The van der Waals surface area contributed by atoms with Gasteiger partial charge in [0.2, 0.25) is 5.91 Å². The molecule has 0 bridgehead atoms. The van der Waals surface area contributed by atoms with Crippen molar-refractivity contribution in [2.24, 2.45) is 5.92 Å². The van der Waals surface area contributed by atoms with Crippen LogP contribution >= 0.6 is 11.6 Å². The average molecular weight is 239 g/mol. The summed E-state index contributed by atoms with van der Waals surface area (Å²) in [5, 5.41) is 3.34. The van der Waals surface area contributed by atoms with Gasteiger partial charge < -0.3 is 11.1 Å². The number of carbonyl (C=O) groups excluding carboxylic acids is 1. The van der Waals surface area contributed by atoms with Crippen molar-refractivity contribution in [2.45, 2.75) is 25.7 Å². The molecule has 0 saturated heterocycles. The summed E-state index contributed by atoms with van der Waals surface area (Å²) in [5.41, 5.74) is 6.83. The van der Waals surface area contributed by atoms with Crippen LogP contribution in [0.3, 0.4) is 0 Å². The van der Waals surface area contributed by atoms with Gasteiger partial charge in [-0.25, -0.2) is 0 Å². The van der Waals surface area contributed by atoms with Crippen molar-refractivity contribution in [1.82, 2.24) is 0 Å². The molecule has 4 heteroatoms. The van der Waals surface area contributed by atoms with Crippen LogP contribution in [0.15, 0.2) is 18.2 Å². The van der Waals surface area contributed by atoms with E-state index in [4.69, 9.17) is 17.3 Å². The van der Waals surface area contributed by atoms with E-state index in [1.165, 1.54) is 0 Å². The molecule has 0 unspecified atom stereocenters. The number of benzene rings is 1. The Kier molecular flexibility index (Phi) is 3.34. The van der Waals surface area contributed by atoms with Gasteiger partial charge in [0.05, 0.1) is 10.7 Å². The van der Waals surface area contributed by atoms with Gasteiger partial charge in [-0.05, 0) is 31.0 Å². The number of nitrogens with two attached hydrogens (primary N) is 1. The summed E-state index contributed by atoms with van der Waals surface area (Å²) < 4.78 is 0. The topological polar surface area (TPSA) is 55.1 Å². The Balaban J connectivity index is 2.05. The molecular formula is C12H15ClN2O. The first kappa shape index (κ1) is 11.3. The lowest BCUT2D eigenvalue weighted by Crippen LogP contribution is -2.20. The highest BCUT2D eigenvalue weighted by molar-refractivity contribution is 6.34. The molecular weight excluding hydrogens is 224 g/mol.